The van der Waals surface area contributed by atoms with Gasteiger partial charge in [-0.1, -0.05) is 28.1 Å². The first-order chi connectivity index (χ1) is 7.22. The van der Waals surface area contributed by atoms with E-state index < -0.39 is 0 Å². The lowest BCUT2D eigenvalue weighted by Crippen LogP contribution is -2.07. The lowest BCUT2D eigenvalue weighted by atomic mass is 10.1. The molecular formula is C12H15BrO2. The predicted octanol–water partition coefficient (Wildman–Crippen LogP) is 2.99. The van der Waals surface area contributed by atoms with Crippen molar-refractivity contribution in [2.24, 2.45) is 0 Å². The van der Waals surface area contributed by atoms with Crippen molar-refractivity contribution >= 4 is 21.7 Å². The highest BCUT2D eigenvalue weighted by molar-refractivity contribution is 9.10. The smallest absolute Gasteiger partial charge is 0.139 e. The van der Waals surface area contributed by atoms with Gasteiger partial charge in [0.15, 0.2) is 0 Å². The van der Waals surface area contributed by atoms with Crippen LogP contribution in [0.15, 0.2) is 28.7 Å². The van der Waals surface area contributed by atoms with Crippen LogP contribution < -0.4 is 0 Å². The van der Waals surface area contributed by atoms with Gasteiger partial charge in [-0.2, -0.15) is 0 Å². The van der Waals surface area contributed by atoms with Crippen molar-refractivity contribution in [3.8, 4) is 0 Å². The van der Waals surface area contributed by atoms with E-state index in [2.05, 4.69) is 15.9 Å². The monoisotopic (exact) mass is 270 g/mol. The lowest BCUT2D eigenvalue weighted by Gasteiger charge is -2.02. The molecule has 0 aliphatic rings. The van der Waals surface area contributed by atoms with Crippen LogP contribution in [0.1, 0.15) is 18.9 Å². The Morgan fingerprint density at radius 2 is 2.27 bits per heavy atom. The average molecular weight is 271 g/mol. The van der Waals surface area contributed by atoms with Crippen molar-refractivity contribution in [3.05, 3.63) is 34.3 Å². The van der Waals surface area contributed by atoms with Crippen LogP contribution in [0.3, 0.4) is 0 Å². The first kappa shape index (κ1) is 12.4. The highest BCUT2D eigenvalue weighted by Crippen LogP contribution is 2.12. The Labute approximate surface area is 98.8 Å². The summed E-state index contributed by atoms with van der Waals surface area (Å²) in [6, 6.07) is 7.82. The molecule has 1 rings (SSSR count). The minimum absolute atomic E-state index is 0.224. The molecule has 0 saturated carbocycles. The minimum Gasteiger partial charge on any atom is -0.381 e. The fourth-order valence-electron chi connectivity index (χ4n) is 1.29. The number of ether oxygens (including phenoxy) is 1. The van der Waals surface area contributed by atoms with Gasteiger partial charge < -0.3 is 4.74 Å². The Bertz CT molecular complexity index is 323. The van der Waals surface area contributed by atoms with Crippen LogP contribution in [0.2, 0.25) is 0 Å². The standard InChI is InChI=1S/C12H15BrO2/c1-2-15-7-6-12(14)9-10-4-3-5-11(13)8-10/h3-5,8H,2,6-7,9H2,1H3. The number of halogens is 1. The topological polar surface area (TPSA) is 26.3 Å². The average Bonchev–Trinajstić information content (AvgIpc) is 2.18. The van der Waals surface area contributed by atoms with Gasteiger partial charge in [-0.25, -0.2) is 0 Å². The predicted molar refractivity (Wildman–Crippen MR) is 64.0 cm³/mol. The van der Waals surface area contributed by atoms with Gasteiger partial charge in [0.1, 0.15) is 5.78 Å². The summed E-state index contributed by atoms with van der Waals surface area (Å²) in [5.74, 6) is 0.224. The SMILES string of the molecule is CCOCCC(=O)Cc1cccc(Br)c1. The number of benzene rings is 1. The number of rotatable bonds is 6. The zero-order chi connectivity index (χ0) is 11.1. The Kier molecular flexibility index (Phi) is 5.58. The molecule has 0 aliphatic heterocycles. The molecular weight excluding hydrogens is 256 g/mol. The first-order valence-electron chi connectivity index (χ1n) is 5.06. The van der Waals surface area contributed by atoms with E-state index in [1.54, 1.807) is 0 Å². The molecule has 82 valence electrons. The van der Waals surface area contributed by atoms with Crippen LogP contribution >= 0.6 is 15.9 Å². The number of carbonyl (C=O) groups excluding carboxylic acids is 1. The normalized spacial score (nSPS) is 10.3. The number of Topliss-reactive ketones (excluding diaryl/α,β-unsaturated/α-hetero) is 1. The second-order valence-corrected chi connectivity index (χ2v) is 4.21. The molecule has 0 fully saturated rings. The molecule has 1 aromatic carbocycles. The quantitative estimate of drug-likeness (QED) is 0.743. The zero-order valence-corrected chi connectivity index (χ0v) is 10.4. The molecule has 0 bridgehead atoms. The van der Waals surface area contributed by atoms with E-state index in [0.29, 0.717) is 26.1 Å². The Balaban J connectivity index is 2.37. The lowest BCUT2D eigenvalue weighted by molar-refractivity contribution is -0.119. The van der Waals surface area contributed by atoms with E-state index in [9.17, 15) is 4.79 Å². The zero-order valence-electron chi connectivity index (χ0n) is 8.83. The van der Waals surface area contributed by atoms with Crippen molar-refractivity contribution < 1.29 is 9.53 Å². The molecule has 3 heteroatoms. The summed E-state index contributed by atoms with van der Waals surface area (Å²) in [6.45, 7) is 3.13. The first-order valence-corrected chi connectivity index (χ1v) is 5.85. The van der Waals surface area contributed by atoms with Gasteiger partial charge in [-0.05, 0) is 24.6 Å². The molecule has 0 aliphatic carbocycles. The highest BCUT2D eigenvalue weighted by atomic mass is 79.9. The van der Waals surface area contributed by atoms with E-state index in [-0.39, 0.29) is 5.78 Å². The highest BCUT2D eigenvalue weighted by Gasteiger charge is 2.03. The summed E-state index contributed by atoms with van der Waals surface area (Å²) in [6.07, 6.45) is 0.993. The van der Waals surface area contributed by atoms with Crippen LogP contribution in [0.5, 0.6) is 0 Å². The Hall–Kier alpha value is -0.670. The molecule has 0 atom stereocenters. The van der Waals surface area contributed by atoms with E-state index in [1.807, 2.05) is 31.2 Å². The van der Waals surface area contributed by atoms with Crippen molar-refractivity contribution in [1.29, 1.82) is 0 Å². The van der Waals surface area contributed by atoms with Crippen LogP contribution in [-0.4, -0.2) is 19.0 Å². The van der Waals surface area contributed by atoms with E-state index >= 15 is 0 Å². The Morgan fingerprint density at radius 3 is 2.93 bits per heavy atom. The third kappa shape index (κ3) is 5.09. The van der Waals surface area contributed by atoms with Gasteiger partial charge in [-0.3, -0.25) is 4.79 Å². The minimum atomic E-state index is 0.224. The van der Waals surface area contributed by atoms with E-state index in [0.717, 1.165) is 10.0 Å². The largest absolute Gasteiger partial charge is 0.381 e. The molecule has 0 amide bonds. The van der Waals surface area contributed by atoms with Gasteiger partial charge in [0.05, 0.1) is 6.61 Å². The molecule has 0 spiro atoms. The van der Waals surface area contributed by atoms with Crippen molar-refractivity contribution in [2.45, 2.75) is 19.8 Å². The van der Waals surface area contributed by atoms with Crippen LogP contribution in [0.4, 0.5) is 0 Å². The second-order valence-electron chi connectivity index (χ2n) is 3.29. The number of ketones is 1. The summed E-state index contributed by atoms with van der Waals surface area (Å²) in [4.78, 5) is 11.5. The van der Waals surface area contributed by atoms with Gasteiger partial charge >= 0.3 is 0 Å². The maximum Gasteiger partial charge on any atom is 0.139 e. The molecule has 0 unspecified atom stereocenters. The number of hydrogen-bond acceptors (Lipinski definition) is 2. The third-order valence-electron chi connectivity index (χ3n) is 2.02. The van der Waals surface area contributed by atoms with Gasteiger partial charge in [0.2, 0.25) is 0 Å². The molecule has 15 heavy (non-hydrogen) atoms. The molecule has 2 nitrogen and oxygen atoms in total. The molecule has 0 aromatic heterocycles. The van der Waals surface area contributed by atoms with Crippen molar-refractivity contribution in [1.82, 2.24) is 0 Å². The summed E-state index contributed by atoms with van der Waals surface area (Å²) < 4.78 is 6.15. The molecule has 0 heterocycles. The third-order valence-corrected chi connectivity index (χ3v) is 2.51. The molecule has 0 radical (unpaired) electrons. The number of carbonyl (C=O) groups is 1. The molecule has 1 aromatic rings. The van der Waals surface area contributed by atoms with Gasteiger partial charge in [0, 0.05) is 23.9 Å². The maximum atomic E-state index is 11.5. The van der Waals surface area contributed by atoms with Crippen molar-refractivity contribution in [2.75, 3.05) is 13.2 Å². The van der Waals surface area contributed by atoms with Crippen LogP contribution in [0, 0.1) is 0 Å². The summed E-state index contributed by atoms with van der Waals surface area (Å²) in [5, 5.41) is 0. The fourth-order valence-corrected chi connectivity index (χ4v) is 1.74. The summed E-state index contributed by atoms with van der Waals surface area (Å²) >= 11 is 3.38. The Morgan fingerprint density at radius 1 is 1.47 bits per heavy atom. The van der Waals surface area contributed by atoms with Gasteiger partial charge in [-0.15, -0.1) is 0 Å². The maximum absolute atomic E-state index is 11.5. The second kappa shape index (κ2) is 6.75. The van der Waals surface area contributed by atoms with Gasteiger partial charge in [0.25, 0.3) is 0 Å². The van der Waals surface area contributed by atoms with E-state index in [4.69, 9.17) is 4.74 Å². The molecule has 0 saturated heterocycles. The summed E-state index contributed by atoms with van der Waals surface area (Å²) in [7, 11) is 0. The van der Waals surface area contributed by atoms with Crippen LogP contribution in [0.25, 0.3) is 0 Å². The van der Waals surface area contributed by atoms with E-state index in [1.165, 1.54) is 0 Å². The van der Waals surface area contributed by atoms with Crippen molar-refractivity contribution in [3.63, 3.8) is 0 Å². The number of hydrogen-bond donors (Lipinski definition) is 0. The fraction of sp³-hybridized carbons (Fsp3) is 0.417. The summed E-state index contributed by atoms with van der Waals surface area (Å²) in [5.41, 5.74) is 1.05. The molecule has 0 N–H and O–H groups in total. The van der Waals surface area contributed by atoms with Crippen LogP contribution in [-0.2, 0) is 16.0 Å².